The summed E-state index contributed by atoms with van der Waals surface area (Å²) >= 11 is 0. The molecule has 434 valence electrons. The van der Waals surface area contributed by atoms with Gasteiger partial charge in [-0.2, -0.15) is 0 Å². The van der Waals surface area contributed by atoms with Crippen LogP contribution in [0.15, 0.2) is 314 Å². The van der Waals surface area contributed by atoms with Crippen LogP contribution < -0.4 is 0 Å². The number of nitrogens with zero attached hydrogens (tertiary/aromatic N) is 6. The SMILES string of the molecule is C1=C(c2nc(-c3ccc(CC4Cc5ccccc5-c5ccccc54)cc3)cc(-c3ccc(-n4c5ccccc5c5ccccc54)cc3)n2)/N=C(c2ccc(-n3c4ccccc4c4ccccc43)cc2)\C=C(\c2ccc(-n3c4ccccc4c4ccccc43)cc2)CC\1. The highest BCUT2D eigenvalue weighted by atomic mass is 15.0. The van der Waals surface area contributed by atoms with Crippen LogP contribution in [0.4, 0.5) is 0 Å². The second-order valence-corrected chi connectivity index (χ2v) is 24.6. The Labute approximate surface area is 533 Å². The quantitative estimate of drug-likeness (QED) is 0.137. The lowest BCUT2D eigenvalue weighted by molar-refractivity contribution is 0.673. The van der Waals surface area contributed by atoms with Crippen molar-refractivity contribution in [1.82, 2.24) is 23.7 Å². The van der Waals surface area contributed by atoms with Gasteiger partial charge in [-0.3, -0.25) is 0 Å². The Bertz CT molecular complexity index is 5520. The molecule has 0 spiro atoms. The lowest BCUT2D eigenvalue weighted by Gasteiger charge is -2.28. The molecule has 1 atom stereocenters. The van der Waals surface area contributed by atoms with E-state index in [2.05, 4.69) is 323 Å². The van der Waals surface area contributed by atoms with Crippen LogP contribution >= 0.6 is 0 Å². The van der Waals surface area contributed by atoms with Gasteiger partial charge in [-0.15, -0.1) is 0 Å². The Hall–Kier alpha value is -11.7. The second kappa shape index (κ2) is 22.1. The summed E-state index contributed by atoms with van der Waals surface area (Å²) in [4.78, 5) is 16.8. The van der Waals surface area contributed by atoms with Crippen LogP contribution in [0, 0.1) is 0 Å². The van der Waals surface area contributed by atoms with Crippen LogP contribution in [-0.2, 0) is 12.8 Å². The zero-order valence-corrected chi connectivity index (χ0v) is 50.5. The lowest BCUT2D eigenvalue weighted by atomic mass is 9.76. The van der Waals surface area contributed by atoms with Gasteiger partial charge in [0.2, 0.25) is 0 Å². The van der Waals surface area contributed by atoms with Crippen LogP contribution in [0.1, 0.15) is 52.4 Å². The molecule has 92 heavy (non-hydrogen) atoms. The molecule has 6 heteroatoms. The Kier molecular flexibility index (Phi) is 12.8. The second-order valence-electron chi connectivity index (χ2n) is 24.6. The summed E-state index contributed by atoms with van der Waals surface area (Å²) in [6.07, 6.45) is 8.03. The molecule has 0 bridgehead atoms. The summed E-state index contributed by atoms with van der Waals surface area (Å²) < 4.78 is 7.12. The van der Waals surface area contributed by atoms with Crippen LogP contribution in [0.25, 0.3) is 127 Å². The smallest absolute Gasteiger partial charge is 0.178 e. The Balaban J connectivity index is 0.756. The molecule has 2 aliphatic rings. The van der Waals surface area contributed by atoms with Gasteiger partial charge >= 0.3 is 0 Å². The van der Waals surface area contributed by atoms with Gasteiger partial charge in [-0.05, 0) is 155 Å². The molecular weight excluding hydrogens is 1120 g/mol. The monoisotopic (exact) mass is 1180 g/mol. The largest absolute Gasteiger partial charge is 0.309 e. The normalized spacial score (nSPS) is 15.8. The maximum absolute atomic E-state index is 5.72. The summed E-state index contributed by atoms with van der Waals surface area (Å²) in [6, 6.07) is 108. The fraction of sp³-hybridized carbons (Fsp3) is 0.0581. The van der Waals surface area contributed by atoms with E-state index in [0.717, 1.165) is 87.8 Å². The van der Waals surface area contributed by atoms with Crippen molar-refractivity contribution in [3.8, 4) is 50.7 Å². The predicted molar refractivity (Wildman–Crippen MR) is 383 cm³/mol. The van der Waals surface area contributed by atoms with E-state index in [1.165, 1.54) is 98.8 Å². The van der Waals surface area contributed by atoms with E-state index in [1.807, 2.05) is 0 Å². The molecule has 0 saturated carbocycles. The van der Waals surface area contributed by atoms with Crippen molar-refractivity contribution in [2.75, 3.05) is 0 Å². The minimum Gasteiger partial charge on any atom is -0.309 e. The summed E-state index contributed by atoms with van der Waals surface area (Å²) in [6.45, 7) is 0. The van der Waals surface area contributed by atoms with Crippen molar-refractivity contribution in [1.29, 1.82) is 0 Å². The van der Waals surface area contributed by atoms with Crippen molar-refractivity contribution in [2.45, 2.75) is 31.6 Å². The molecule has 0 N–H and O–H groups in total. The van der Waals surface area contributed by atoms with Crippen molar-refractivity contribution < 1.29 is 0 Å². The van der Waals surface area contributed by atoms with E-state index in [1.54, 1.807) is 0 Å². The van der Waals surface area contributed by atoms with E-state index in [9.17, 15) is 0 Å². The molecule has 16 aromatic rings. The molecule has 0 amide bonds. The zero-order valence-electron chi connectivity index (χ0n) is 50.5. The van der Waals surface area contributed by atoms with Gasteiger partial charge in [-0.1, -0.05) is 224 Å². The lowest BCUT2D eigenvalue weighted by Crippen LogP contribution is -2.13. The van der Waals surface area contributed by atoms with Crippen LogP contribution in [0.3, 0.4) is 0 Å². The summed E-state index contributed by atoms with van der Waals surface area (Å²) in [5, 5.41) is 7.44. The number of benzene rings is 12. The third-order valence-electron chi connectivity index (χ3n) is 19.2. The highest BCUT2D eigenvalue weighted by molar-refractivity contribution is 6.15. The van der Waals surface area contributed by atoms with E-state index in [4.69, 9.17) is 15.0 Å². The molecule has 12 aromatic carbocycles. The fourth-order valence-electron chi connectivity index (χ4n) is 14.9. The van der Waals surface area contributed by atoms with Crippen molar-refractivity contribution in [3.63, 3.8) is 0 Å². The number of allylic oxidation sites excluding steroid dienone is 3. The van der Waals surface area contributed by atoms with Gasteiger partial charge in [0.05, 0.1) is 50.2 Å². The average molecular weight is 1180 g/mol. The van der Waals surface area contributed by atoms with E-state index >= 15 is 0 Å². The van der Waals surface area contributed by atoms with Gasteiger partial charge in [-0.25, -0.2) is 15.0 Å². The van der Waals surface area contributed by atoms with Gasteiger partial charge in [0.15, 0.2) is 5.82 Å². The minimum atomic E-state index is 0.373. The molecule has 1 aliphatic carbocycles. The predicted octanol–water partition coefficient (Wildman–Crippen LogP) is 21.4. The first kappa shape index (κ1) is 53.3. The van der Waals surface area contributed by atoms with Crippen molar-refractivity contribution >= 4 is 82.4 Å². The minimum absolute atomic E-state index is 0.373. The van der Waals surface area contributed by atoms with Gasteiger partial charge in [0.25, 0.3) is 0 Å². The Morgan fingerprint density at radius 3 is 1.23 bits per heavy atom. The number of para-hydroxylation sites is 6. The van der Waals surface area contributed by atoms with E-state index in [0.29, 0.717) is 11.7 Å². The number of aliphatic imine (C=N–C) groups is 1. The zero-order chi connectivity index (χ0) is 60.6. The first-order valence-electron chi connectivity index (χ1n) is 32.0. The number of fused-ring (bicyclic) bond motifs is 12. The van der Waals surface area contributed by atoms with E-state index in [-0.39, 0.29) is 0 Å². The molecule has 1 aliphatic heterocycles. The van der Waals surface area contributed by atoms with Crippen LogP contribution in [0.2, 0.25) is 0 Å². The van der Waals surface area contributed by atoms with Crippen molar-refractivity contribution in [3.05, 3.63) is 343 Å². The number of rotatable bonds is 10. The molecule has 5 heterocycles. The van der Waals surface area contributed by atoms with Crippen LogP contribution in [0.5, 0.6) is 0 Å². The third kappa shape index (κ3) is 9.13. The molecule has 0 fully saturated rings. The van der Waals surface area contributed by atoms with Gasteiger partial charge in [0.1, 0.15) is 5.70 Å². The average Bonchev–Trinajstić information content (AvgIpc) is 1.59. The number of hydrogen-bond donors (Lipinski definition) is 0. The molecule has 1 unspecified atom stereocenters. The highest BCUT2D eigenvalue weighted by Gasteiger charge is 2.25. The van der Waals surface area contributed by atoms with Gasteiger partial charge < -0.3 is 13.7 Å². The van der Waals surface area contributed by atoms with Crippen LogP contribution in [-0.4, -0.2) is 29.4 Å². The maximum atomic E-state index is 5.72. The first-order chi connectivity index (χ1) is 45.6. The standard InChI is InChI=1S/C86H60N6/c1-2-20-67-62(18-1)53-63(68-21-3-4-22-69(67)68)52-56-36-38-58(39-37-56)78-55-79(60-44-50-66(51-45-60)92-84-34-15-9-27-74(84)75-28-10-16-35-85(75)92)89-86(88-78)76-29-17-19-61(57-40-46-64(47-41-57)90-80-30-11-5-23-70(80)71-24-6-12-31-81(71)90)54-77(87-76)59-42-48-65(49-43-59)91-82-32-13-7-25-72(82)73-26-8-14-33-83(73)91/h1-16,18,20-51,54-55,63H,17,19,52-53H2/b61-54+,76-29-,87-77+. The molecule has 0 saturated heterocycles. The molecular formula is C86H60N6. The summed E-state index contributed by atoms with van der Waals surface area (Å²) in [5.41, 5.74) is 25.9. The van der Waals surface area contributed by atoms with E-state index < -0.39 is 0 Å². The van der Waals surface area contributed by atoms with Crippen molar-refractivity contribution in [2.24, 2.45) is 4.99 Å². The summed E-state index contributed by atoms with van der Waals surface area (Å²) in [5.74, 6) is 0.954. The number of aromatic nitrogens is 5. The fourth-order valence-corrected chi connectivity index (χ4v) is 14.9. The molecule has 6 nitrogen and oxygen atoms in total. The number of hydrogen-bond acceptors (Lipinski definition) is 3. The molecule has 18 rings (SSSR count). The first-order valence-corrected chi connectivity index (χ1v) is 32.0. The Morgan fingerprint density at radius 1 is 0.359 bits per heavy atom. The van der Waals surface area contributed by atoms with Gasteiger partial charge in [0, 0.05) is 66.1 Å². The topological polar surface area (TPSA) is 52.9 Å². The summed E-state index contributed by atoms with van der Waals surface area (Å²) in [7, 11) is 0. The maximum Gasteiger partial charge on any atom is 0.178 e. The third-order valence-corrected chi connectivity index (χ3v) is 19.2. The molecule has 0 radical (unpaired) electrons. The Morgan fingerprint density at radius 2 is 0.750 bits per heavy atom. The molecule has 4 aromatic heterocycles. The highest BCUT2D eigenvalue weighted by Crippen LogP contribution is 2.42.